The molecule has 1 fully saturated rings. The summed E-state index contributed by atoms with van der Waals surface area (Å²) in [5.41, 5.74) is 8.96. The van der Waals surface area contributed by atoms with Crippen LogP contribution in [0.1, 0.15) is 13.2 Å². The molecule has 0 bridgehead atoms. The van der Waals surface area contributed by atoms with E-state index in [1.54, 1.807) is 0 Å². The molecule has 11 heteroatoms. The van der Waals surface area contributed by atoms with E-state index in [9.17, 15) is 19.4 Å². The molecule has 9 nitrogen and oxygen atoms in total. The minimum Gasteiger partial charge on any atom is -0.391 e. The van der Waals surface area contributed by atoms with Gasteiger partial charge in [-0.05, 0) is 18.5 Å². The Morgan fingerprint density at radius 2 is 2.32 bits per heavy atom. The lowest BCUT2D eigenvalue weighted by molar-refractivity contribution is -0.0756. The van der Waals surface area contributed by atoms with E-state index in [4.69, 9.17) is 27.8 Å². The third-order valence-corrected chi connectivity index (χ3v) is 4.24. The van der Waals surface area contributed by atoms with Gasteiger partial charge in [0, 0.05) is 11.6 Å². The number of aromatic amines is 1. The standard InChI is InChI=1S/C14H15ClFN5O4/c1-5(22)8-9(23)14(18,2-3-15)12(25-8)21-4-6(16)7-10(21)19-13(17)20-11(7)24/h4-5,8-9,12,22-23H,18H2,1H3,(H3,17,19,20,24)/t5-,8+,9-,12+,14?/m0/s1. The molecule has 3 heterocycles. The van der Waals surface area contributed by atoms with Crippen LogP contribution in [0.15, 0.2) is 11.0 Å². The van der Waals surface area contributed by atoms with E-state index in [0.29, 0.717) is 0 Å². The molecule has 0 spiro atoms. The summed E-state index contributed by atoms with van der Waals surface area (Å²) in [5.74, 6) is 1.30. The summed E-state index contributed by atoms with van der Waals surface area (Å²) in [5, 5.41) is 22.0. The Balaban J connectivity index is 2.25. The Bertz CT molecular complexity index is 948. The number of nitrogens with two attached hydrogens (primary N) is 2. The fourth-order valence-electron chi connectivity index (χ4n) is 2.95. The van der Waals surface area contributed by atoms with Crippen LogP contribution in [0.2, 0.25) is 0 Å². The van der Waals surface area contributed by atoms with Gasteiger partial charge in [0.15, 0.2) is 23.2 Å². The molecule has 0 aromatic carbocycles. The number of anilines is 1. The molecule has 3 rings (SSSR count). The second-order valence-corrected chi connectivity index (χ2v) is 6.01. The maximum Gasteiger partial charge on any atom is 0.264 e. The molecule has 2 aromatic rings. The van der Waals surface area contributed by atoms with E-state index >= 15 is 0 Å². The van der Waals surface area contributed by atoms with Gasteiger partial charge in [-0.3, -0.25) is 14.3 Å². The summed E-state index contributed by atoms with van der Waals surface area (Å²) in [6.45, 7) is 1.39. The number of aliphatic hydroxyl groups is 2. The zero-order valence-electron chi connectivity index (χ0n) is 12.9. The number of ether oxygens (including phenoxy) is 1. The molecule has 134 valence electrons. The molecule has 25 heavy (non-hydrogen) atoms. The molecule has 0 saturated carbocycles. The monoisotopic (exact) mass is 371 g/mol. The lowest BCUT2D eigenvalue weighted by Crippen LogP contribution is -2.54. The molecule has 0 aliphatic carbocycles. The molecule has 7 N–H and O–H groups in total. The molecule has 2 aromatic heterocycles. The summed E-state index contributed by atoms with van der Waals surface area (Å²) in [4.78, 5) is 18.0. The van der Waals surface area contributed by atoms with Gasteiger partial charge < -0.3 is 26.4 Å². The zero-order chi connectivity index (χ0) is 18.5. The van der Waals surface area contributed by atoms with Gasteiger partial charge in [0.1, 0.15) is 17.6 Å². The normalized spacial score (nSPS) is 30.2. The van der Waals surface area contributed by atoms with Gasteiger partial charge in [0.25, 0.3) is 5.56 Å². The summed E-state index contributed by atoms with van der Waals surface area (Å²) in [6, 6.07) is 0. The molecule has 0 radical (unpaired) electrons. The van der Waals surface area contributed by atoms with Crippen molar-refractivity contribution in [2.45, 2.75) is 37.0 Å². The summed E-state index contributed by atoms with van der Waals surface area (Å²) in [6.07, 6.45) is -4.01. The van der Waals surface area contributed by atoms with Crippen LogP contribution in [0, 0.1) is 17.1 Å². The minimum atomic E-state index is -1.79. The van der Waals surface area contributed by atoms with Crippen molar-refractivity contribution in [3.8, 4) is 11.3 Å². The predicted molar refractivity (Wildman–Crippen MR) is 86.9 cm³/mol. The molecule has 1 unspecified atom stereocenters. The molecule has 0 amide bonds. The van der Waals surface area contributed by atoms with Gasteiger partial charge in [-0.1, -0.05) is 5.92 Å². The summed E-state index contributed by atoms with van der Waals surface area (Å²) >= 11 is 5.45. The first-order chi connectivity index (χ1) is 11.7. The van der Waals surface area contributed by atoms with E-state index in [-0.39, 0.29) is 17.0 Å². The van der Waals surface area contributed by atoms with Crippen molar-refractivity contribution in [3.05, 3.63) is 22.4 Å². The van der Waals surface area contributed by atoms with Crippen LogP contribution in [-0.2, 0) is 4.74 Å². The lowest BCUT2D eigenvalue weighted by Gasteiger charge is -2.27. The highest BCUT2D eigenvalue weighted by Crippen LogP contribution is 2.39. The first-order valence-electron chi connectivity index (χ1n) is 7.19. The highest BCUT2D eigenvalue weighted by molar-refractivity contribution is 6.30. The second kappa shape index (κ2) is 5.98. The van der Waals surface area contributed by atoms with Crippen LogP contribution >= 0.6 is 11.6 Å². The van der Waals surface area contributed by atoms with Crippen molar-refractivity contribution in [2.24, 2.45) is 5.73 Å². The van der Waals surface area contributed by atoms with Crippen molar-refractivity contribution in [3.63, 3.8) is 0 Å². The molecular weight excluding hydrogens is 357 g/mol. The van der Waals surface area contributed by atoms with Gasteiger partial charge >= 0.3 is 0 Å². The van der Waals surface area contributed by atoms with Crippen LogP contribution in [-0.4, -0.2) is 48.6 Å². The number of nitrogens with zero attached hydrogens (tertiary/aromatic N) is 2. The fourth-order valence-corrected chi connectivity index (χ4v) is 3.12. The number of nitrogens with one attached hydrogen (secondary N) is 1. The largest absolute Gasteiger partial charge is 0.391 e. The van der Waals surface area contributed by atoms with Crippen molar-refractivity contribution < 1.29 is 19.3 Å². The third-order valence-electron chi connectivity index (χ3n) is 4.14. The van der Waals surface area contributed by atoms with Gasteiger partial charge in [-0.2, -0.15) is 4.98 Å². The summed E-state index contributed by atoms with van der Waals surface area (Å²) in [7, 11) is 0. The highest BCUT2D eigenvalue weighted by atomic mass is 35.5. The van der Waals surface area contributed by atoms with Crippen molar-refractivity contribution in [1.29, 1.82) is 0 Å². The lowest BCUT2D eigenvalue weighted by atomic mass is 9.90. The number of aromatic nitrogens is 3. The SMILES string of the molecule is C[C@H](O)[C@H]1O[C@@H](n2cc(F)c3c(=O)[nH]c(N)nc32)C(N)(C#CCl)[C@H]1O. The smallest absolute Gasteiger partial charge is 0.264 e. The van der Waals surface area contributed by atoms with Crippen LogP contribution in [0.25, 0.3) is 11.0 Å². The number of fused-ring (bicyclic) bond motifs is 1. The maximum absolute atomic E-state index is 14.3. The van der Waals surface area contributed by atoms with Gasteiger partial charge in [0.2, 0.25) is 5.95 Å². The third kappa shape index (κ3) is 2.57. The number of aliphatic hydroxyl groups excluding tert-OH is 2. The van der Waals surface area contributed by atoms with Crippen molar-refractivity contribution in [2.75, 3.05) is 5.73 Å². The Kier molecular flexibility index (Phi) is 4.22. The van der Waals surface area contributed by atoms with E-state index in [2.05, 4.69) is 21.3 Å². The second-order valence-electron chi connectivity index (χ2n) is 5.83. The average Bonchev–Trinajstić information content (AvgIpc) is 2.96. The first-order valence-corrected chi connectivity index (χ1v) is 7.57. The first kappa shape index (κ1) is 17.7. The number of H-pyrrole nitrogens is 1. The molecule has 5 atom stereocenters. The Morgan fingerprint density at radius 1 is 1.64 bits per heavy atom. The minimum absolute atomic E-state index is 0.145. The number of nitrogen functional groups attached to an aromatic ring is 1. The number of halogens is 2. The van der Waals surface area contributed by atoms with Gasteiger partial charge in [0.05, 0.1) is 6.10 Å². The molecule has 1 saturated heterocycles. The average molecular weight is 372 g/mol. The van der Waals surface area contributed by atoms with E-state index in [0.717, 1.165) is 10.8 Å². The highest BCUT2D eigenvalue weighted by Gasteiger charge is 2.56. The number of rotatable bonds is 2. The maximum atomic E-state index is 14.3. The van der Waals surface area contributed by atoms with Gasteiger partial charge in [-0.25, -0.2) is 4.39 Å². The topological polar surface area (TPSA) is 152 Å². The van der Waals surface area contributed by atoms with Crippen LogP contribution in [0.4, 0.5) is 10.3 Å². The molecular formula is C14H15ClFN5O4. The summed E-state index contributed by atoms with van der Waals surface area (Å²) < 4.78 is 21.0. The fraction of sp³-hybridized carbons (Fsp3) is 0.429. The Morgan fingerprint density at radius 3 is 2.92 bits per heavy atom. The van der Waals surface area contributed by atoms with Crippen LogP contribution in [0.3, 0.4) is 0 Å². The number of hydrogen-bond acceptors (Lipinski definition) is 7. The van der Waals surface area contributed by atoms with Crippen LogP contribution in [0.5, 0.6) is 0 Å². The zero-order valence-corrected chi connectivity index (χ0v) is 13.7. The number of hydrogen-bond donors (Lipinski definition) is 5. The quantitative estimate of drug-likeness (QED) is 0.424. The van der Waals surface area contributed by atoms with Crippen LogP contribution < -0.4 is 17.0 Å². The van der Waals surface area contributed by atoms with E-state index in [1.807, 2.05) is 0 Å². The van der Waals surface area contributed by atoms with Crippen molar-refractivity contribution >= 4 is 28.6 Å². The van der Waals surface area contributed by atoms with E-state index in [1.165, 1.54) is 6.92 Å². The molecule has 1 aliphatic rings. The van der Waals surface area contributed by atoms with Crippen molar-refractivity contribution in [1.82, 2.24) is 14.5 Å². The van der Waals surface area contributed by atoms with Gasteiger partial charge in [-0.15, -0.1) is 0 Å². The Hall–Kier alpha value is -2.16. The molecule has 1 aliphatic heterocycles. The Labute approximate surface area is 145 Å². The predicted octanol–water partition coefficient (Wildman–Crippen LogP) is -1.02. The van der Waals surface area contributed by atoms with E-state index < -0.39 is 41.5 Å².